The molecule has 2 rings (SSSR count). The second-order valence-corrected chi connectivity index (χ2v) is 4.21. The average molecular weight is 209 g/mol. The van der Waals surface area contributed by atoms with Gasteiger partial charge in [0.2, 0.25) is 0 Å². The number of rotatable bonds is 2. The first-order chi connectivity index (χ1) is 6.72. The minimum atomic E-state index is 0.480. The molecular formula is C9H11N3OS. The van der Waals surface area contributed by atoms with E-state index in [1.807, 2.05) is 13.8 Å². The van der Waals surface area contributed by atoms with Crippen LogP contribution in [0.3, 0.4) is 0 Å². The molecule has 0 fully saturated rings. The molecule has 0 bridgehead atoms. The molecule has 0 aliphatic heterocycles. The van der Waals surface area contributed by atoms with E-state index in [-0.39, 0.29) is 0 Å². The number of hydrogen-bond donors (Lipinski definition) is 1. The first-order valence-corrected chi connectivity index (χ1v) is 5.20. The van der Waals surface area contributed by atoms with Gasteiger partial charge >= 0.3 is 0 Å². The molecule has 0 aliphatic rings. The predicted molar refractivity (Wildman–Crippen MR) is 56.1 cm³/mol. The van der Waals surface area contributed by atoms with Gasteiger partial charge in [0.05, 0.1) is 9.88 Å². The molecule has 0 spiro atoms. The Labute approximate surface area is 85.7 Å². The normalized spacial score (nSPS) is 10.7. The number of nitrogens with zero attached hydrogens (tertiary/aromatic N) is 2. The summed E-state index contributed by atoms with van der Waals surface area (Å²) in [6.07, 6.45) is 2.61. The lowest BCUT2D eigenvalue weighted by molar-refractivity contribution is 0.436. The summed E-state index contributed by atoms with van der Waals surface area (Å²) < 4.78 is 5.18. The Kier molecular flexibility index (Phi) is 2.25. The Hall–Kier alpha value is -1.36. The molecule has 0 atom stereocenters. The van der Waals surface area contributed by atoms with Crippen LogP contribution in [-0.4, -0.2) is 10.1 Å². The van der Waals surface area contributed by atoms with Crippen LogP contribution in [0.15, 0.2) is 10.7 Å². The molecule has 0 saturated carbocycles. The molecule has 2 aromatic rings. The summed E-state index contributed by atoms with van der Waals surface area (Å²) in [6, 6.07) is 0. The van der Waals surface area contributed by atoms with Crippen LogP contribution in [0.25, 0.3) is 10.6 Å². The maximum absolute atomic E-state index is 5.68. The Morgan fingerprint density at radius 2 is 2.36 bits per heavy atom. The van der Waals surface area contributed by atoms with E-state index in [9.17, 15) is 0 Å². The van der Waals surface area contributed by atoms with Gasteiger partial charge in [-0.25, -0.2) is 4.98 Å². The molecule has 0 saturated heterocycles. The lowest BCUT2D eigenvalue weighted by Crippen LogP contribution is -1.90. The van der Waals surface area contributed by atoms with Gasteiger partial charge in [-0.05, 0) is 13.3 Å². The maximum Gasteiger partial charge on any atom is 0.183 e. The number of thiazole rings is 1. The highest BCUT2D eigenvalue weighted by Gasteiger charge is 2.15. The number of hydrogen-bond acceptors (Lipinski definition) is 5. The van der Waals surface area contributed by atoms with Crippen LogP contribution in [0.5, 0.6) is 0 Å². The van der Waals surface area contributed by atoms with Crippen LogP contribution in [-0.2, 0) is 6.42 Å². The Morgan fingerprint density at radius 1 is 1.57 bits per heavy atom. The second kappa shape index (κ2) is 3.42. The molecule has 0 radical (unpaired) electrons. The topological polar surface area (TPSA) is 64.9 Å². The van der Waals surface area contributed by atoms with Crippen LogP contribution in [0.4, 0.5) is 5.82 Å². The third-order valence-corrected chi connectivity index (χ3v) is 2.93. The summed E-state index contributed by atoms with van der Waals surface area (Å²) in [7, 11) is 0. The molecule has 0 aromatic carbocycles. The van der Waals surface area contributed by atoms with E-state index >= 15 is 0 Å². The number of nitrogen functional groups attached to an aromatic ring is 1. The molecule has 0 unspecified atom stereocenters. The van der Waals surface area contributed by atoms with Gasteiger partial charge in [0.15, 0.2) is 11.6 Å². The van der Waals surface area contributed by atoms with Gasteiger partial charge in [0.1, 0.15) is 0 Å². The zero-order valence-corrected chi connectivity index (χ0v) is 8.89. The highest BCUT2D eigenvalue weighted by Crippen LogP contribution is 2.31. The molecule has 5 heteroatoms. The molecule has 0 aliphatic carbocycles. The van der Waals surface area contributed by atoms with Crippen LogP contribution in [0.2, 0.25) is 0 Å². The third kappa shape index (κ3) is 1.39. The summed E-state index contributed by atoms with van der Waals surface area (Å²) in [5.41, 5.74) is 6.64. The van der Waals surface area contributed by atoms with E-state index in [4.69, 9.17) is 10.3 Å². The fraction of sp³-hybridized carbons (Fsp3) is 0.333. The van der Waals surface area contributed by atoms with Crippen LogP contribution < -0.4 is 5.73 Å². The van der Waals surface area contributed by atoms with Gasteiger partial charge in [0.25, 0.3) is 0 Å². The Balaban J connectivity index is 2.51. The lowest BCUT2D eigenvalue weighted by Gasteiger charge is -1.93. The van der Waals surface area contributed by atoms with Crippen molar-refractivity contribution >= 4 is 17.2 Å². The summed E-state index contributed by atoms with van der Waals surface area (Å²) in [5, 5.41) is 4.77. The van der Waals surface area contributed by atoms with Crippen molar-refractivity contribution in [3.8, 4) is 10.6 Å². The van der Waals surface area contributed by atoms with E-state index in [1.165, 1.54) is 0 Å². The molecule has 0 amide bonds. The molecule has 74 valence electrons. The monoisotopic (exact) mass is 209 g/mol. The number of nitrogens with two attached hydrogens (primary N) is 1. The van der Waals surface area contributed by atoms with Crippen molar-refractivity contribution in [1.82, 2.24) is 10.1 Å². The minimum absolute atomic E-state index is 0.480. The maximum atomic E-state index is 5.68. The molecule has 2 heterocycles. The second-order valence-electron chi connectivity index (χ2n) is 2.97. The van der Waals surface area contributed by atoms with Crippen molar-refractivity contribution in [1.29, 1.82) is 0 Å². The van der Waals surface area contributed by atoms with Gasteiger partial charge in [-0.3, -0.25) is 0 Å². The third-order valence-electron chi connectivity index (χ3n) is 2.02. The van der Waals surface area contributed by atoms with Crippen molar-refractivity contribution < 1.29 is 4.52 Å². The van der Waals surface area contributed by atoms with Crippen LogP contribution in [0.1, 0.15) is 17.5 Å². The molecule has 14 heavy (non-hydrogen) atoms. The standard InChI is InChI=1S/C9H11N3OS/c1-3-6-8(13-12-9(6)10)7-4-11-5(2)14-7/h4H,3H2,1-2H3,(H2,10,12). The molecule has 2 aromatic heterocycles. The molecule has 4 nitrogen and oxygen atoms in total. The average Bonchev–Trinajstić information content (AvgIpc) is 2.71. The van der Waals surface area contributed by atoms with E-state index in [2.05, 4.69) is 10.1 Å². The number of anilines is 1. The van der Waals surface area contributed by atoms with Gasteiger partial charge in [-0.2, -0.15) is 0 Å². The van der Waals surface area contributed by atoms with E-state index in [0.29, 0.717) is 5.82 Å². The van der Waals surface area contributed by atoms with Gasteiger partial charge < -0.3 is 10.3 Å². The zero-order chi connectivity index (χ0) is 10.1. The van der Waals surface area contributed by atoms with Gasteiger partial charge in [-0.1, -0.05) is 12.1 Å². The number of aryl methyl sites for hydroxylation is 1. The summed E-state index contributed by atoms with van der Waals surface area (Å²) in [5.74, 6) is 1.24. The van der Waals surface area contributed by atoms with Crippen molar-refractivity contribution in [2.75, 3.05) is 5.73 Å². The Morgan fingerprint density at radius 3 is 2.93 bits per heavy atom. The minimum Gasteiger partial charge on any atom is -0.381 e. The summed E-state index contributed by atoms with van der Waals surface area (Å²) in [4.78, 5) is 5.16. The van der Waals surface area contributed by atoms with E-state index in [1.54, 1.807) is 17.5 Å². The van der Waals surface area contributed by atoms with Crippen molar-refractivity contribution in [3.05, 3.63) is 16.8 Å². The first-order valence-electron chi connectivity index (χ1n) is 4.39. The SMILES string of the molecule is CCc1c(N)noc1-c1cnc(C)s1. The first kappa shape index (κ1) is 9.21. The van der Waals surface area contributed by atoms with Crippen molar-refractivity contribution in [2.45, 2.75) is 20.3 Å². The van der Waals surface area contributed by atoms with Gasteiger partial charge in [0, 0.05) is 11.8 Å². The predicted octanol–water partition coefficient (Wildman–Crippen LogP) is 2.25. The Bertz CT molecular complexity index is 447. The summed E-state index contributed by atoms with van der Waals surface area (Å²) in [6.45, 7) is 3.99. The lowest BCUT2D eigenvalue weighted by atomic mass is 10.2. The smallest absolute Gasteiger partial charge is 0.183 e. The van der Waals surface area contributed by atoms with Crippen molar-refractivity contribution in [3.63, 3.8) is 0 Å². The van der Waals surface area contributed by atoms with Crippen LogP contribution in [0, 0.1) is 6.92 Å². The highest BCUT2D eigenvalue weighted by molar-refractivity contribution is 7.15. The van der Waals surface area contributed by atoms with Crippen LogP contribution >= 0.6 is 11.3 Å². The quantitative estimate of drug-likeness (QED) is 0.823. The molecular weight excluding hydrogens is 198 g/mol. The van der Waals surface area contributed by atoms with Crippen molar-refractivity contribution in [2.24, 2.45) is 0 Å². The fourth-order valence-electron chi connectivity index (χ4n) is 1.32. The summed E-state index contributed by atoms with van der Waals surface area (Å²) >= 11 is 1.58. The van der Waals surface area contributed by atoms with Gasteiger partial charge in [-0.15, -0.1) is 11.3 Å². The number of aromatic nitrogens is 2. The van der Waals surface area contributed by atoms with E-state index < -0.39 is 0 Å². The fourth-order valence-corrected chi connectivity index (χ4v) is 2.11. The largest absolute Gasteiger partial charge is 0.381 e. The highest BCUT2D eigenvalue weighted by atomic mass is 32.1. The van der Waals surface area contributed by atoms with E-state index in [0.717, 1.165) is 27.6 Å². The molecule has 2 N–H and O–H groups in total. The zero-order valence-electron chi connectivity index (χ0n) is 8.07.